The lowest BCUT2D eigenvalue weighted by molar-refractivity contribution is 0.0411. The van der Waals surface area contributed by atoms with Crippen LogP contribution in [0.25, 0.3) is 0 Å². The van der Waals surface area contributed by atoms with E-state index in [0.717, 1.165) is 32.4 Å². The van der Waals surface area contributed by atoms with Gasteiger partial charge in [0.05, 0.1) is 12.7 Å². The Morgan fingerprint density at radius 3 is 2.58 bits per heavy atom. The van der Waals surface area contributed by atoms with Gasteiger partial charge in [-0.05, 0) is 19.9 Å². The van der Waals surface area contributed by atoms with Crippen molar-refractivity contribution in [1.82, 2.24) is 4.90 Å². The number of likely N-dealkylation sites (N-methyl/N-ethyl adjacent to an activating group) is 1. The number of epoxide rings is 1. The third-order valence-corrected chi connectivity index (χ3v) is 2.71. The van der Waals surface area contributed by atoms with E-state index >= 15 is 0 Å². The molecule has 2 aliphatic rings. The van der Waals surface area contributed by atoms with Crippen LogP contribution in [-0.2, 0) is 9.47 Å². The standard InChI is InChI=1S/C9H17NO2/c1-10(6-9-7-12-9)8-2-4-11-5-3-8/h8-9H,2-7H2,1H3. The molecule has 0 aromatic rings. The third kappa shape index (κ3) is 2.19. The van der Waals surface area contributed by atoms with E-state index in [1.165, 1.54) is 12.8 Å². The van der Waals surface area contributed by atoms with Crippen LogP contribution in [0.2, 0.25) is 0 Å². The second kappa shape index (κ2) is 3.73. The van der Waals surface area contributed by atoms with E-state index in [1.807, 2.05) is 0 Å². The Morgan fingerprint density at radius 2 is 2.00 bits per heavy atom. The zero-order valence-electron chi connectivity index (χ0n) is 7.66. The number of rotatable bonds is 3. The van der Waals surface area contributed by atoms with Crippen LogP contribution in [0.4, 0.5) is 0 Å². The molecule has 2 fully saturated rings. The van der Waals surface area contributed by atoms with Crippen molar-refractivity contribution in [3.8, 4) is 0 Å². The van der Waals surface area contributed by atoms with E-state index < -0.39 is 0 Å². The average Bonchev–Trinajstić information content (AvgIpc) is 2.90. The van der Waals surface area contributed by atoms with Gasteiger partial charge in [-0.15, -0.1) is 0 Å². The first kappa shape index (κ1) is 8.48. The molecule has 0 aromatic carbocycles. The summed E-state index contributed by atoms with van der Waals surface area (Å²) in [6.07, 6.45) is 2.89. The van der Waals surface area contributed by atoms with E-state index in [-0.39, 0.29) is 0 Å². The summed E-state index contributed by atoms with van der Waals surface area (Å²) >= 11 is 0. The Bertz CT molecular complexity index is 141. The van der Waals surface area contributed by atoms with Crippen LogP contribution in [0.15, 0.2) is 0 Å². The van der Waals surface area contributed by atoms with Gasteiger partial charge in [0.25, 0.3) is 0 Å². The first-order chi connectivity index (χ1) is 5.86. The van der Waals surface area contributed by atoms with Gasteiger partial charge in [-0.1, -0.05) is 0 Å². The van der Waals surface area contributed by atoms with Gasteiger partial charge in [-0.3, -0.25) is 0 Å². The molecule has 0 aliphatic carbocycles. The molecular formula is C9H17NO2. The van der Waals surface area contributed by atoms with Crippen molar-refractivity contribution in [3.05, 3.63) is 0 Å². The Kier molecular flexibility index (Phi) is 2.63. The normalized spacial score (nSPS) is 31.0. The molecule has 0 saturated carbocycles. The smallest absolute Gasteiger partial charge is 0.0936 e. The summed E-state index contributed by atoms with van der Waals surface area (Å²) in [6.45, 7) is 3.93. The molecule has 70 valence electrons. The third-order valence-electron chi connectivity index (χ3n) is 2.71. The molecule has 12 heavy (non-hydrogen) atoms. The summed E-state index contributed by atoms with van der Waals surface area (Å²) < 4.78 is 10.5. The summed E-state index contributed by atoms with van der Waals surface area (Å²) in [5.41, 5.74) is 0. The van der Waals surface area contributed by atoms with Crippen LogP contribution in [-0.4, -0.2) is 50.5 Å². The maximum Gasteiger partial charge on any atom is 0.0936 e. The second-order valence-corrected chi connectivity index (χ2v) is 3.74. The zero-order chi connectivity index (χ0) is 8.39. The molecule has 1 unspecified atom stereocenters. The number of ether oxygens (including phenoxy) is 2. The molecule has 0 aromatic heterocycles. The van der Waals surface area contributed by atoms with Crippen molar-refractivity contribution in [2.24, 2.45) is 0 Å². The van der Waals surface area contributed by atoms with Crippen molar-refractivity contribution in [1.29, 1.82) is 0 Å². The fourth-order valence-corrected chi connectivity index (χ4v) is 1.77. The van der Waals surface area contributed by atoms with Crippen LogP contribution >= 0.6 is 0 Å². The second-order valence-electron chi connectivity index (χ2n) is 3.74. The highest BCUT2D eigenvalue weighted by molar-refractivity contribution is 4.78. The largest absolute Gasteiger partial charge is 0.381 e. The zero-order valence-corrected chi connectivity index (χ0v) is 7.66. The fourth-order valence-electron chi connectivity index (χ4n) is 1.77. The van der Waals surface area contributed by atoms with E-state index in [0.29, 0.717) is 6.10 Å². The van der Waals surface area contributed by atoms with E-state index in [1.54, 1.807) is 0 Å². The monoisotopic (exact) mass is 171 g/mol. The lowest BCUT2D eigenvalue weighted by atomic mass is 10.1. The minimum absolute atomic E-state index is 0.526. The van der Waals surface area contributed by atoms with Gasteiger partial charge < -0.3 is 14.4 Å². The van der Waals surface area contributed by atoms with Crippen molar-refractivity contribution >= 4 is 0 Å². The molecule has 1 atom stereocenters. The molecule has 0 spiro atoms. The topological polar surface area (TPSA) is 25.0 Å². The molecule has 0 radical (unpaired) electrons. The molecule has 0 bridgehead atoms. The summed E-state index contributed by atoms with van der Waals surface area (Å²) in [5, 5.41) is 0. The van der Waals surface area contributed by atoms with Crippen LogP contribution in [0.5, 0.6) is 0 Å². The molecule has 2 rings (SSSR count). The molecule has 0 N–H and O–H groups in total. The highest BCUT2D eigenvalue weighted by Gasteiger charge is 2.27. The molecule has 3 nitrogen and oxygen atoms in total. The molecule has 2 saturated heterocycles. The van der Waals surface area contributed by atoms with E-state index in [4.69, 9.17) is 9.47 Å². The highest BCUT2D eigenvalue weighted by Crippen LogP contribution is 2.16. The molecular weight excluding hydrogens is 154 g/mol. The maximum absolute atomic E-state index is 5.31. The van der Waals surface area contributed by atoms with Crippen molar-refractivity contribution in [2.45, 2.75) is 25.0 Å². The van der Waals surface area contributed by atoms with Crippen molar-refractivity contribution in [2.75, 3.05) is 33.4 Å². The Balaban J connectivity index is 1.72. The Hall–Kier alpha value is -0.120. The SMILES string of the molecule is CN(CC1CO1)C1CCOCC1. The van der Waals surface area contributed by atoms with Gasteiger partial charge in [0.15, 0.2) is 0 Å². The van der Waals surface area contributed by atoms with Crippen LogP contribution in [0.3, 0.4) is 0 Å². The first-order valence-electron chi connectivity index (χ1n) is 4.76. The van der Waals surface area contributed by atoms with E-state index in [2.05, 4.69) is 11.9 Å². The minimum Gasteiger partial charge on any atom is -0.381 e. The summed E-state index contributed by atoms with van der Waals surface area (Å²) in [4.78, 5) is 2.42. The molecule has 3 heteroatoms. The Labute approximate surface area is 73.6 Å². The molecule has 2 aliphatic heterocycles. The quantitative estimate of drug-likeness (QED) is 0.578. The van der Waals surface area contributed by atoms with Crippen molar-refractivity contribution < 1.29 is 9.47 Å². The molecule has 2 heterocycles. The summed E-state index contributed by atoms with van der Waals surface area (Å²) in [5.74, 6) is 0. The predicted octanol–water partition coefficient (Wildman–Crippen LogP) is 0.496. The minimum atomic E-state index is 0.526. The van der Waals surface area contributed by atoms with Crippen LogP contribution in [0.1, 0.15) is 12.8 Å². The number of nitrogens with zero attached hydrogens (tertiary/aromatic N) is 1. The summed E-state index contributed by atoms with van der Waals surface area (Å²) in [6, 6.07) is 0.725. The van der Waals surface area contributed by atoms with Gasteiger partial charge >= 0.3 is 0 Å². The van der Waals surface area contributed by atoms with Gasteiger partial charge in [-0.2, -0.15) is 0 Å². The molecule has 0 amide bonds. The van der Waals surface area contributed by atoms with Gasteiger partial charge in [0, 0.05) is 25.8 Å². The first-order valence-corrected chi connectivity index (χ1v) is 4.76. The average molecular weight is 171 g/mol. The van der Waals surface area contributed by atoms with Gasteiger partial charge in [0.2, 0.25) is 0 Å². The van der Waals surface area contributed by atoms with Gasteiger partial charge in [-0.25, -0.2) is 0 Å². The number of hydrogen-bond acceptors (Lipinski definition) is 3. The lowest BCUT2D eigenvalue weighted by Crippen LogP contribution is -2.38. The maximum atomic E-state index is 5.31. The van der Waals surface area contributed by atoms with Crippen LogP contribution in [0, 0.1) is 0 Å². The Morgan fingerprint density at radius 1 is 1.33 bits per heavy atom. The highest BCUT2D eigenvalue weighted by atomic mass is 16.6. The van der Waals surface area contributed by atoms with E-state index in [9.17, 15) is 0 Å². The number of hydrogen-bond donors (Lipinski definition) is 0. The van der Waals surface area contributed by atoms with Gasteiger partial charge in [0.1, 0.15) is 0 Å². The van der Waals surface area contributed by atoms with Crippen LogP contribution < -0.4 is 0 Å². The lowest BCUT2D eigenvalue weighted by Gasteiger charge is -2.30. The summed E-state index contributed by atoms with van der Waals surface area (Å²) in [7, 11) is 2.19. The predicted molar refractivity (Wildman–Crippen MR) is 46.2 cm³/mol. The fraction of sp³-hybridized carbons (Fsp3) is 1.00. The van der Waals surface area contributed by atoms with Crippen molar-refractivity contribution in [3.63, 3.8) is 0 Å².